The lowest BCUT2D eigenvalue weighted by Crippen LogP contribution is -2.02. The predicted octanol–water partition coefficient (Wildman–Crippen LogP) is 2.90. The summed E-state index contributed by atoms with van der Waals surface area (Å²) in [5, 5.41) is 10.2. The highest BCUT2D eigenvalue weighted by molar-refractivity contribution is 5.33. The number of benzene rings is 1. The molecule has 1 N–H and O–H groups in total. The maximum atomic E-state index is 10.2. The van der Waals surface area contributed by atoms with Gasteiger partial charge in [0.25, 0.3) is 0 Å². The third kappa shape index (κ3) is 1.85. The highest BCUT2D eigenvalue weighted by Gasteiger charge is 2.25. The van der Waals surface area contributed by atoms with Crippen molar-refractivity contribution in [2.45, 2.75) is 31.3 Å². The lowest BCUT2D eigenvalue weighted by molar-refractivity contribution is 0.119. The van der Waals surface area contributed by atoms with Crippen molar-refractivity contribution in [3.63, 3.8) is 0 Å². The van der Waals surface area contributed by atoms with Gasteiger partial charge >= 0.3 is 0 Å². The quantitative estimate of drug-likeness (QED) is 0.841. The van der Waals surface area contributed by atoms with E-state index in [9.17, 15) is 5.11 Å². The Balaban J connectivity index is 1.84. The molecule has 0 spiro atoms. The van der Waals surface area contributed by atoms with Gasteiger partial charge in [-0.05, 0) is 36.0 Å². The van der Waals surface area contributed by atoms with Gasteiger partial charge < -0.3 is 9.84 Å². The monoisotopic (exact) mass is 216 g/mol. The molecule has 1 atom stereocenters. The molecule has 1 unspecified atom stereocenters. The van der Waals surface area contributed by atoms with Crippen LogP contribution in [0.5, 0.6) is 0 Å². The van der Waals surface area contributed by atoms with E-state index in [1.165, 1.54) is 18.4 Å². The zero-order valence-corrected chi connectivity index (χ0v) is 9.23. The van der Waals surface area contributed by atoms with E-state index in [-0.39, 0.29) is 0 Å². The van der Waals surface area contributed by atoms with Crippen molar-refractivity contribution in [3.8, 4) is 0 Å². The molecule has 3 rings (SSSR count). The maximum Gasteiger partial charge on any atom is 0.136 e. The molecule has 0 aromatic heterocycles. The van der Waals surface area contributed by atoms with E-state index in [4.69, 9.17) is 4.74 Å². The zero-order valence-electron chi connectivity index (χ0n) is 9.23. The van der Waals surface area contributed by atoms with Crippen molar-refractivity contribution in [2.75, 3.05) is 6.61 Å². The molecular weight excluding hydrogens is 200 g/mol. The first kappa shape index (κ1) is 9.91. The van der Waals surface area contributed by atoms with Gasteiger partial charge in [-0.3, -0.25) is 0 Å². The van der Waals surface area contributed by atoms with Gasteiger partial charge in [-0.25, -0.2) is 0 Å². The second-order valence-electron chi connectivity index (χ2n) is 4.59. The van der Waals surface area contributed by atoms with Gasteiger partial charge in [0.1, 0.15) is 11.9 Å². The van der Waals surface area contributed by atoms with Gasteiger partial charge in [0, 0.05) is 6.42 Å². The van der Waals surface area contributed by atoms with Crippen molar-refractivity contribution in [1.82, 2.24) is 0 Å². The molecule has 1 heterocycles. The fourth-order valence-electron chi connectivity index (χ4n) is 2.19. The Labute approximate surface area is 95.6 Å². The van der Waals surface area contributed by atoms with E-state index in [1.807, 2.05) is 18.2 Å². The fourth-order valence-corrected chi connectivity index (χ4v) is 2.19. The molecule has 0 amide bonds. The summed E-state index contributed by atoms with van der Waals surface area (Å²) in [6.45, 7) is 0.703. The molecule has 1 saturated carbocycles. The Morgan fingerprint density at radius 2 is 2.19 bits per heavy atom. The number of aliphatic hydroxyl groups excluding tert-OH is 1. The lowest BCUT2D eigenvalue weighted by Gasteiger charge is -2.13. The summed E-state index contributed by atoms with van der Waals surface area (Å²) in [4.78, 5) is 0. The molecule has 0 radical (unpaired) electrons. The molecule has 16 heavy (non-hydrogen) atoms. The highest BCUT2D eigenvalue weighted by atomic mass is 16.5. The first-order valence-electron chi connectivity index (χ1n) is 5.95. The van der Waals surface area contributed by atoms with Gasteiger partial charge in [0.05, 0.1) is 6.61 Å². The van der Waals surface area contributed by atoms with E-state index >= 15 is 0 Å². The minimum absolute atomic E-state index is 0.582. The molecule has 1 aromatic carbocycles. The Kier molecular flexibility index (Phi) is 2.44. The molecule has 1 aliphatic heterocycles. The minimum Gasteiger partial charge on any atom is -0.495 e. The topological polar surface area (TPSA) is 29.5 Å². The van der Waals surface area contributed by atoms with Gasteiger partial charge in [0.2, 0.25) is 0 Å². The smallest absolute Gasteiger partial charge is 0.136 e. The summed E-state index contributed by atoms with van der Waals surface area (Å²) in [5.41, 5.74) is 2.31. The Hall–Kier alpha value is -1.28. The number of rotatable bonds is 3. The van der Waals surface area contributed by atoms with Crippen LogP contribution in [0.4, 0.5) is 0 Å². The third-order valence-corrected chi connectivity index (χ3v) is 3.28. The zero-order chi connectivity index (χ0) is 11.0. The molecule has 0 saturated heterocycles. The van der Waals surface area contributed by atoms with Crippen molar-refractivity contribution in [1.29, 1.82) is 0 Å². The van der Waals surface area contributed by atoms with Crippen LogP contribution in [0.3, 0.4) is 0 Å². The molecular formula is C14H16O2. The Morgan fingerprint density at radius 3 is 2.88 bits per heavy atom. The normalized spacial score (nSPS) is 21.4. The second kappa shape index (κ2) is 3.95. The lowest BCUT2D eigenvalue weighted by atomic mass is 10.0. The van der Waals surface area contributed by atoms with E-state index in [2.05, 4.69) is 12.1 Å². The fraction of sp³-hybridized carbons (Fsp3) is 0.429. The summed E-state index contributed by atoms with van der Waals surface area (Å²) in [5.74, 6) is 1.44. The van der Waals surface area contributed by atoms with Gasteiger partial charge in [-0.2, -0.15) is 0 Å². The Morgan fingerprint density at radius 1 is 1.31 bits per heavy atom. The first-order chi connectivity index (χ1) is 7.84. The van der Waals surface area contributed by atoms with Crippen LogP contribution in [0, 0.1) is 0 Å². The van der Waals surface area contributed by atoms with Crippen LogP contribution in [0.1, 0.15) is 42.4 Å². The van der Waals surface area contributed by atoms with Crippen LogP contribution in [-0.2, 0) is 4.74 Å². The van der Waals surface area contributed by atoms with Crippen molar-refractivity contribution in [3.05, 3.63) is 47.2 Å². The molecule has 2 nitrogen and oxygen atoms in total. The Bertz CT molecular complexity index is 418. The molecule has 2 heteroatoms. The van der Waals surface area contributed by atoms with Crippen LogP contribution in [0.2, 0.25) is 0 Å². The van der Waals surface area contributed by atoms with E-state index < -0.39 is 6.10 Å². The van der Waals surface area contributed by atoms with Gasteiger partial charge in [-0.15, -0.1) is 0 Å². The van der Waals surface area contributed by atoms with E-state index in [0.29, 0.717) is 12.4 Å². The highest BCUT2D eigenvalue weighted by Crippen LogP contribution is 2.41. The minimum atomic E-state index is -0.582. The average molecular weight is 216 g/mol. The molecule has 84 valence electrons. The standard InChI is InChI=1S/C14H16O2/c15-14(13-5-2-8-16-13)12-4-1-3-11(9-12)10-6-7-10/h1,3-5,9-10,14-15H,2,6-8H2. The number of aliphatic hydroxyl groups is 1. The average Bonchev–Trinajstić information content (AvgIpc) is 3.04. The van der Waals surface area contributed by atoms with Crippen LogP contribution < -0.4 is 0 Å². The molecule has 1 aromatic rings. The molecule has 1 aliphatic carbocycles. The van der Waals surface area contributed by atoms with Crippen LogP contribution in [-0.4, -0.2) is 11.7 Å². The maximum absolute atomic E-state index is 10.2. The predicted molar refractivity (Wildman–Crippen MR) is 62.0 cm³/mol. The van der Waals surface area contributed by atoms with Crippen LogP contribution >= 0.6 is 0 Å². The number of hydrogen-bond acceptors (Lipinski definition) is 2. The van der Waals surface area contributed by atoms with Gasteiger partial charge in [-0.1, -0.05) is 24.3 Å². The summed E-state index contributed by atoms with van der Waals surface area (Å²) in [6, 6.07) is 8.27. The number of hydrogen-bond donors (Lipinski definition) is 1. The second-order valence-corrected chi connectivity index (χ2v) is 4.59. The van der Waals surface area contributed by atoms with Crippen LogP contribution in [0.15, 0.2) is 36.1 Å². The summed E-state index contributed by atoms with van der Waals surface area (Å²) in [6.07, 6.45) is 4.89. The summed E-state index contributed by atoms with van der Waals surface area (Å²) >= 11 is 0. The molecule has 2 aliphatic rings. The molecule has 1 fully saturated rings. The third-order valence-electron chi connectivity index (χ3n) is 3.28. The van der Waals surface area contributed by atoms with Crippen molar-refractivity contribution >= 4 is 0 Å². The first-order valence-corrected chi connectivity index (χ1v) is 5.95. The van der Waals surface area contributed by atoms with Crippen LogP contribution in [0.25, 0.3) is 0 Å². The van der Waals surface area contributed by atoms with Gasteiger partial charge in [0.15, 0.2) is 0 Å². The van der Waals surface area contributed by atoms with E-state index in [0.717, 1.165) is 17.9 Å². The SMILES string of the molecule is OC(C1=CCCO1)c1cccc(C2CC2)c1. The molecule has 0 bridgehead atoms. The van der Waals surface area contributed by atoms with E-state index in [1.54, 1.807) is 0 Å². The number of ether oxygens (including phenoxy) is 1. The summed E-state index contributed by atoms with van der Waals surface area (Å²) in [7, 11) is 0. The summed E-state index contributed by atoms with van der Waals surface area (Å²) < 4.78 is 5.40. The largest absolute Gasteiger partial charge is 0.495 e. The van der Waals surface area contributed by atoms with Crippen molar-refractivity contribution in [2.24, 2.45) is 0 Å². The van der Waals surface area contributed by atoms with Crippen molar-refractivity contribution < 1.29 is 9.84 Å².